The van der Waals surface area contributed by atoms with Crippen molar-refractivity contribution in [1.82, 2.24) is 20.2 Å². The van der Waals surface area contributed by atoms with Crippen LogP contribution in [0.15, 0.2) is 29.4 Å². The van der Waals surface area contributed by atoms with Crippen molar-refractivity contribution in [2.45, 2.75) is 36.9 Å². The summed E-state index contributed by atoms with van der Waals surface area (Å²) < 4.78 is 1.79. The lowest BCUT2D eigenvalue weighted by molar-refractivity contribution is -0.117. The van der Waals surface area contributed by atoms with Crippen LogP contribution < -0.4 is 10.2 Å². The highest BCUT2D eigenvalue weighted by Gasteiger charge is 2.28. The predicted molar refractivity (Wildman–Crippen MR) is 93.5 cm³/mol. The third-order valence-corrected chi connectivity index (χ3v) is 5.16. The number of anilines is 2. The highest BCUT2D eigenvalue weighted by Crippen LogP contribution is 2.36. The largest absolute Gasteiger partial charge is 0.325 e. The van der Waals surface area contributed by atoms with Crippen molar-refractivity contribution in [3.8, 4) is 0 Å². The Bertz CT molecular complexity index is 786. The number of carbonyl (C=O) groups is 2. The zero-order chi connectivity index (χ0) is 17.2. The van der Waals surface area contributed by atoms with E-state index in [1.54, 1.807) is 9.58 Å². The molecule has 130 valence electrons. The molecule has 0 spiro atoms. The summed E-state index contributed by atoms with van der Waals surface area (Å²) in [5, 5.41) is 15.1. The van der Waals surface area contributed by atoms with Crippen molar-refractivity contribution < 1.29 is 9.59 Å². The van der Waals surface area contributed by atoms with Gasteiger partial charge in [-0.3, -0.25) is 9.59 Å². The highest BCUT2D eigenvalue weighted by molar-refractivity contribution is 7.99. The Morgan fingerprint density at radius 1 is 1.28 bits per heavy atom. The molecule has 2 aliphatic rings. The Labute approximate surface area is 149 Å². The van der Waals surface area contributed by atoms with Gasteiger partial charge in [-0.2, -0.15) is 0 Å². The van der Waals surface area contributed by atoms with Gasteiger partial charge in [0.2, 0.25) is 17.0 Å². The normalized spacial score (nSPS) is 17.1. The lowest BCUT2D eigenvalue weighted by atomic mass is 10.2. The van der Waals surface area contributed by atoms with Crippen LogP contribution in [0.1, 0.15) is 31.7 Å². The average molecular weight is 358 g/mol. The van der Waals surface area contributed by atoms with Crippen LogP contribution in [0.5, 0.6) is 0 Å². The van der Waals surface area contributed by atoms with Crippen LogP contribution in [-0.4, -0.2) is 44.3 Å². The number of benzene rings is 1. The summed E-state index contributed by atoms with van der Waals surface area (Å²) in [6, 6.07) is 7.75. The Morgan fingerprint density at radius 2 is 2.08 bits per heavy atom. The number of rotatable bonds is 6. The minimum absolute atomic E-state index is 0.111. The second-order valence-electron chi connectivity index (χ2n) is 6.17. The summed E-state index contributed by atoms with van der Waals surface area (Å²) in [5.41, 5.74) is 1.58. The molecule has 1 saturated carbocycles. The third kappa shape index (κ3) is 3.65. The van der Waals surface area contributed by atoms with Gasteiger partial charge >= 0.3 is 0 Å². The van der Waals surface area contributed by atoms with Gasteiger partial charge in [0.25, 0.3) is 0 Å². The first-order chi connectivity index (χ1) is 12.2. The van der Waals surface area contributed by atoms with Crippen molar-refractivity contribution in [3.05, 3.63) is 24.3 Å². The molecule has 25 heavy (non-hydrogen) atoms. The van der Waals surface area contributed by atoms with Gasteiger partial charge in [-0.1, -0.05) is 11.8 Å². The summed E-state index contributed by atoms with van der Waals surface area (Å²) in [7, 11) is 0. The molecule has 1 N–H and O–H groups in total. The van der Waals surface area contributed by atoms with E-state index in [1.807, 2.05) is 24.3 Å². The van der Waals surface area contributed by atoms with E-state index >= 15 is 0 Å². The van der Waals surface area contributed by atoms with Crippen LogP contribution in [0.25, 0.3) is 0 Å². The Kier molecular flexibility index (Phi) is 4.39. The zero-order valence-corrected chi connectivity index (χ0v) is 14.4. The molecule has 9 heteroatoms. The fraction of sp³-hybridized carbons (Fsp3) is 0.438. The Hall–Kier alpha value is -2.42. The zero-order valence-electron chi connectivity index (χ0n) is 13.6. The topological polar surface area (TPSA) is 93.0 Å². The quantitative estimate of drug-likeness (QED) is 0.793. The Balaban J connectivity index is 1.31. The average Bonchev–Trinajstić information content (AvgIpc) is 3.19. The number of carbonyl (C=O) groups excluding carboxylic acids is 2. The van der Waals surface area contributed by atoms with Crippen molar-refractivity contribution >= 4 is 35.0 Å². The highest BCUT2D eigenvalue weighted by atomic mass is 32.2. The first kappa shape index (κ1) is 16.1. The SMILES string of the molecule is O=C(CSc1nnnn1C1CC1)Nc1ccc(N2CCCC2=O)cc1. The lowest BCUT2D eigenvalue weighted by Crippen LogP contribution is -2.23. The fourth-order valence-corrected chi connectivity index (χ4v) is 3.55. The number of aromatic nitrogens is 4. The first-order valence-electron chi connectivity index (χ1n) is 8.31. The maximum absolute atomic E-state index is 12.1. The van der Waals surface area contributed by atoms with Crippen molar-refractivity contribution in [1.29, 1.82) is 0 Å². The maximum atomic E-state index is 12.1. The molecule has 0 unspecified atom stereocenters. The van der Waals surface area contributed by atoms with E-state index in [-0.39, 0.29) is 17.6 Å². The molecule has 1 saturated heterocycles. The molecule has 0 atom stereocenters. The summed E-state index contributed by atoms with van der Waals surface area (Å²) in [6.45, 7) is 0.761. The van der Waals surface area contributed by atoms with Gasteiger partial charge in [-0.05, 0) is 54.0 Å². The molecule has 2 heterocycles. The van der Waals surface area contributed by atoms with E-state index < -0.39 is 0 Å². The standard InChI is InChI=1S/C16H18N6O2S/c23-14(10-25-16-18-19-20-22(16)13-7-8-13)17-11-3-5-12(6-4-11)21-9-1-2-15(21)24/h3-6,13H,1-2,7-10H2,(H,17,23). The summed E-state index contributed by atoms with van der Waals surface area (Å²) in [4.78, 5) is 25.7. The molecule has 1 aliphatic carbocycles. The summed E-state index contributed by atoms with van der Waals surface area (Å²) >= 11 is 1.34. The van der Waals surface area contributed by atoms with Crippen molar-refractivity contribution in [3.63, 3.8) is 0 Å². The smallest absolute Gasteiger partial charge is 0.234 e. The molecule has 2 fully saturated rings. The van der Waals surface area contributed by atoms with Crippen LogP contribution in [-0.2, 0) is 9.59 Å². The summed E-state index contributed by atoms with van der Waals surface area (Å²) in [5.74, 6) is 0.293. The van der Waals surface area contributed by atoms with E-state index in [0.717, 1.165) is 31.5 Å². The minimum Gasteiger partial charge on any atom is -0.325 e. The van der Waals surface area contributed by atoms with Gasteiger partial charge < -0.3 is 10.2 Å². The number of hydrogen-bond acceptors (Lipinski definition) is 6. The molecule has 4 rings (SSSR count). The maximum Gasteiger partial charge on any atom is 0.234 e. The van der Waals surface area contributed by atoms with E-state index in [2.05, 4.69) is 20.8 Å². The number of nitrogens with zero attached hydrogens (tertiary/aromatic N) is 5. The second-order valence-corrected chi connectivity index (χ2v) is 7.11. The fourth-order valence-electron chi connectivity index (χ4n) is 2.80. The Morgan fingerprint density at radius 3 is 2.76 bits per heavy atom. The molecule has 1 aromatic carbocycles. The van der Waals surface area contributed by atoms with Crippen LogP contribution in [0, 0.1) is 0 Å². The number of tetrazole rings is 1. The second kappa shape index (κ2) is 6.83. The van der Waals surface area contributed by atoms with E-state index in [1.165, 1.54) is 11.8 Å². The lowest BCUT2D eigenvalue weighted by Gasteiger charge is -2.16. The van der Waals surface area contributed by atoms with E-state index in [0.29, 0.717) is 23.3 Å². The molecular formula is C16H18N6O2S. The number of thioether (sulfide) groups is 1. The van der Waals surface area contributed by atoms with E-state index in [9.17, 15) is 9.59 Å². The van der Waals surface area contributed by atoms with Gasteiger partial charge in [-0.15, -0.1) is 5.10 Å². The van der Waals surface area contributed by atoms with Crippen molar-refractivity contribution in [2.24, 2.45) is 0 Å². The van der Waals surface area contributed by atoms with Gasteiger partial charge in [-0.25, -0.2) is 4.68 Å². The molecule has 0 bridgehead atoms. The molecular weight excluding hydrogens is 340 g/mol. The predicted octanol–water partition coefficient (Wildman–Crippen LogP) is 1.87. The van der Waals surface area contributed by atoms with Gasteiger partial charge in [0, 0.05) is 24.3 Å². The van der Waals surface area contributed by atoms with Crippen LogP contribution >= 0.6 is 11.8 Å². The van der Waals surface area contributed by atoms with Gasteiger partial charge in [0.05, 0.1) is 11.8 Å². The number of hydrogen-bond donors (Lipinski definition) is 1. The third-order valence-electron chi connectivity index (χ3n) is 4.22. The van der Waals surface area contributed by atoms with Gasteiger partial charge in [0.1, 0.15) is 0 Å². The molecule has 1 aromatic heterocycles. The molecule has 1 aliphatic heterocycles. The molecule has 0 radical (unpaired) electrons. The number of amides is 2. The monoisotopic (exact) mass is 358 g/mol. The van der Waals surface area contributed by atoms with Crippen LogP contribution in [0.3, 0.4) is 0 Å². The van der Waals surface area contributed by atoms with Crippen LogP contribution in [0.4, 0.5) is 11.4 Å². The number of nitrogens with one attached hydrogen (secondary N) is 1. The van der Waals surface area contributed by atoms with Crippen molar-refractivity contribution in [2.75, 3.05) is 22.5 Å². The van der Waals surface area contributed by atoms with Gasteiger partial charge in [0.15, 0.2) is 0 Å². The molecule has 2 aromatic rings. The summed E-state index contributed by atoms with van der Waals surface area (Å²) in [6.07, 6.45) is 3.69. The van der Waals surface area contributed by atoms with Crippen LogP contribution in [0.2, 0.25) is 0 Å². The minimum atomic E-state index is -0.111. The van der Waals surface area contributed by atoms with E-state index in [4.69, 9.17) is 0 Å². The molecule has 2 amide bonds. The first-order valence-corrected chi connectivity index (χ1v) is 9.30. The molecule has 8 nitrogen and oxygen atoms in total.